The van der Waals surface area contributed by atoms with Crippen LogP contribution in [0, 0.1) is 6.92 Å². The minimum atomic E-state index is 0.330. The molecular weight excluding hydrogens is 312 g/mol. The maximum Gasteiger partial charge on any atom is 0.0364 e. The molecule has 0 aliphatic rings. The molecule has 2 nitrogen and oxygen atoms in total. The van der Waals surface area contributed by atoms with Crippen molar-refractivity contribution in [3.63, 3.8) is 0 Å². The molecule has 1 heterocycles. The van der Waals surface area contributed by atoms with Crippen molar-refractivity contribution in [3.8, 4) is 0 Å². The zero-order valence-corrected chi connectivity index (χ0v) is 13.7. The summed E-state index contributed by atoms with van der Waals surface area (Å²) in [5.41, 5.74) is 3.93. The third-order valence-electron chi connectivity index (χ3n) is 3.49. The van der Waals surface area contributed by atoms with Gasteiger partial charge in [-0.3, -0.25) is 4.98 Å². The fourth-order valence-electron chi connectivity index (χ4n) is 2.37. The van der Waals surface area contributed by atoms with Crippen LogP contribution in [0.2, 0.25) is 0 Å². The quantitative estimate of drug-likeness (QED) is 0.846. The average molecular weight is 333 g/mol. The van der Waals surface area contributed by atoms with E-state index < -0.39 is 0 Å². The van der Waals surface area contributed by atoms with Crippen LogP contribution in [0.15, 0.2) is 47.2 Å². The van der Waals surface area contributed by atoms with Crippen molar-refractivity contribution in [1.82, 2.24) is 10.3 Å². The summed E-state index contributed by atoms with van der Waals surface area (Å²) < 4.78 is 1.17. The van der Waals surface area contributed by atoms with Crippen LogP contribution in [0.3, 0.4) is 0 Å². The maximum absolute atomic E-state index is 4.21. The van der Waals surface area contributed by atoms with Gasteiger partial charge in [-0.2, -0.15) is 0 Å². The number of hydrogen-bond acceptors (Lipinski definition) is 2. The molecule has 3 heteroatoms. The zero-order valence-electron chi connectivity index (χ0n) is 12.1. The van der Waals surface area contributed by atoms with Gasteiger partial charge in [0.2, 0.25) is 0 Å². The van der Waals surface area contributed by atoms with Crippen LogP contribution in [-0.4, -0.2) is 11.5 Å². The molecule has 0 amide bonds. The topological polar surface area (TPSA) is 24.9 Å². The predicted octanol–water partition coefficient (Wildman–Crippen LogP) is 4.44. The highest BCUT2D eigenvalue weighted by atomic mass is 79.9. The number of hydrogen-bond donors (Lipinski definition) is 1. The van der Waals surface area contributed by atoms with Crippen molar-refractivity contribution >= 4 is 15.9 Å². The second-order valence-electron chi connectivity index (χ2n) is 5.03. The minimum absolute atomic E-state index is 0.330. The van der Waals surface area contributed by atoms with Crippen molar-refractivity contribution in [2.24, 2.45) is 0 Å². The molecule has 0 spiro atoms. The Bertz CT molecular complexity index is 540. The second kappa shape index (κ2) is 7.55. The molecule has 20 heavy (non-hydrogen) atoms. The first kappa shape index (κ1) is 15.2. The number of aromatic nitrogens is 1. The summed E-state index contributed by atoms with van der Waals surface area (Å²) in [5, 5.41) is 3.65. The van der Waals surface area contributed by atoms with E-state index in [4.69, 9.17) is 0 Å². The molecule has 1 N–H and O–H groups in total. The number of pyridine rings is 1. The Morgan fingerprint density at radius 2 is 2.10 bits per heavy atom. The van der Waals surface area contributed by atoms with Crippen molar-refractivity contribution in [3.05, 3.63) is 63.9 Å². The summed E-state index contributed by atoms with van der Waals surface area (Å²) in [6, 6.07) is 10.9. The molecule has 2 aromatic rings. The summed E-state index contributed by atoms with van der Waals surface area (Å²) >= 11 is 3.63. The lowest BCUT2D eigenvalue weighted by Crippen LogP contribution is -2.25. The van der Waals surface area contributed by atoms with Crippen LogP contribution < -0.4 is 5.32 Å². The molecule has 1 atom stereocenters. The van der Waals surface area contributed by atoms with Crippen LogP contribution in [0.4, 0.5) is 0 Å². The third kappa shape index (κ3) is 3.90. The SMILES string of the molecule is CCCNC(Cc1cccnc1)c1cccc(Br)c1C. The molecule has 0 aliphatic heterocycles. The fourth-order valence-corrected chi connectivity index (χ4v) is 2.75. The van der Waals surface area contributed by atoms with Gasteiger partial charge in [0.05, 0.1) is 0 Å². The van der Waals surface area contributed by atoms with Gasteiger partial charge in [0, 0.05) is 22.9 Å². The molecule has 1 aromatic carbocycles. The first-order valence-electron chi connectivity index (χ1n) is 7.09. The van der Waals surface area contributed by atoms with Gasteiger partial charge in [0.25, 0.3) is 0 Å². The second-order valence-corrected chi connectivity index (χ2v) is 5.88. The Morgan fingerprint density at radius 3 is 2.80 bits per heavy atom. The summed E-state index contributed by atoms with van der Waals surface area (Å²) in [5.74, 6) is 0. The molecule has 0 radical (unpaired) electrons. The summed E-state index contributed by atoms with van der Waals surface area (Å²) in [4.78, 5) is 4.21. The fraction of sp³-hybridized carbons (Fsp3) is 0.353. The largest absolute Gasteiger partial charge is 0.310 e. The summed E-state index contributed by atoms with van der Waals surface area (Å²) in [6.07, 6.45) is 5.87. The van der Waals surface area contributed by atoms with Gasteiger partial charge in [-0.15, -0.1) is 0 Å². The lowest BCUT2D eigenvalue weighted by atomic mass is 9.96. The van der Waals surface area contributed by atoms with E-state index >= 15 is 0 Å². The maximum atomic E-state index is 4.21. The van der Waals surface area contributed by atoms with Gasteiger partial charge < -0.3 is 5.32 Å². The van der Waals surface area contributed by atoms with Gasteiger partial charge in [0.15, 0.2) is 0 Å². The molecule has 0 saturated heterocycles. The van der Waals surface area contributed by atoms with E-state index in [1.807, 2.05) is 18.5 Å². The lowest BCUT2D eigenvalue weighted by molar-refractivity contribution is 0.526. The molecule has 1 aromatic heterocycles. The lowest BCUT2D eigenvalue weighted by Gasteiger charge is -2.21. The van der Waals surface area contributed by atoms with E-state index in [0.717, 1.165) is 19.4 Å². The van der Waals surface area contributed by atoms with Crippen molar-refractivity contribution in [1.29, 1.82) is 0 Å². The Morgan fingerprint density at radius 1 is 1.25 bits per heavy atom. The van der Waals surface area contributed by atoms with Crippen LogP contribution in [0.5, 0.6) is 0 Å². The van der Waals surface area contributed by atoms with Crippen LogP contribution in [-0.2, 0) is 6.42 Å². The Kier molecular flexibility index (Phi) is 5.74. The predicted molar refractivity (Wildman–Crippen MR) is 87.9 cm³/mol. The third-order valence-corrected chi connectivity index (χ3v) is 4.35. The van der Waals surface area contributed by atoms with Crippen molar-refractivity contribution in [2.45, 2.75) is 32.7 Å². The number of rotatable bonds is 6. The van der Waals surface area contributed by atoms with Crippen LogP contribution in [0.25, 0.3) is 0 Å². The first-order chi connectivity index (χ1) is 9.72. The Balaban J connectivity index is 2.25. The van der Waals surface area contributed by atoms with E-state index in [9.17, 15) is 0 Å². The van der Waals surface area contributed by atoms with Crippen molar-refractivity contribution in [2.75, 3.05) is 6.54 Å². The van der Waals surface area contributed by atoms with Gasteiger partial charge >= 0.3 is 0 Å². The molecule has 1 unspecified atom stereocenters. The van der Waals surface area contributed by atoms with Gasteiger partial charge in [-0.1, -0.05) is 41.1 Å². The first-order valence-corrected chi connectivity index (χ1v) is 7.89. The number of nitrogens with one attached hydrogen (secondary N) is 1. The Hall–Kier alpha value is -1.19. The number of halogens is 1. The highest BCUT2D eigenvalue weighted by Gasteiger charge is 2.15. The van der Waals surface area contributed by atoms with E-state index in [1.54, 1.807) is 0 Å². The molecule has 106 valence electrons. The average Bonchev–Trinajstić information content (AvgIpc) is 2.48. The number of benzene rings is 1. The Labute approximate surface area is 129 Å². The zero-order chi connectivity index (χ0) is 14.4. The number of nitrogens with zero attached hydrogens (tertiary/aromatic N) is 1. The van der Waals surface area contributed by atoms with Crippen LogP contribution in [0.1, 0.15) is 36.1 Å². The summed E-state index contributed by atoms with van der Waals surface area (Å²) in [6.45, 7) is 5.39. The van der Waals surface area contributed by atoms with E-state index in [1.165, 1.54) is 21.2 Å². The normalized spacial score (nSPS) is 12.3. The molecular formula is C17H21BrN2. The van der Waals surface area contributed by atoms with Crippen molar-refractivity contribution < 1.29 is 0 Å². The standard InChI is InChI=1S/C17H21BrN2/c1-3-9-20-17(11-14-6-5-10-19-12-14)15-7-4-8-16(18)13(15)2/h4-8,10,12,17,20H,3,9,11H2,1-2H3. The highest BCUT2D eigenvalue weighted by Crippen LogP contribution is 2.26. The van der Waals surface area contributed by atoms with E-state index in [0.29, 0.717) is 6.04 Å². The van der Waals surface area contributed by atoms with E-state index in [-0.39, 0.29) is 0 Å². The van der Waals surface area contributed by atoms with Gasteiger partial charge in [-0.25, -0.2) is 0 Å². The molecule has 0 aliphatic carbocycles. The van der Waals surface area contributed by atoms with Gasteiger partial charge in [0.1, 0.15) is 0 Å². The highest BCUT2D eigenvalue weighted by molar-refractivity contribution is 9.10. The monoisotopic (exact) mass is 332 g/mol. The molecule has 0 fully saturated rings. The van der Waals surface area contributed by atoms with Gasteiger partial charge in [-0.05, 0) is 55.1 Å². The smallest absolute Gasteiger partial charge is 0.0364 e. The van der Waals surface area contributed by atoms with E-state index in [2.05, 4.69) is 64.3 Å². The summed E-state index contributed by atoms with van der Waals surface area (Å²) in [7, 11) is 0. The minimum Gasteiger partial charge on any atom is -0.310 e. The molecule has 0 bridgehead atoms. The molecule has 2 rings (SSSR count). The van der Waals surface area contributed by atoms with Crippen LogP contribution >= 0.6 is 15.9 Å². The molecule has 0 saturated carbocycles.